The van der Waals surface area contributed by atoms with Crippen LogP contribution in [0.4, 0.5) is 5.69 Å². The second-order valence-corrected chi connectivity index (χ2v) is 7.21. The summed E-state index contributed by atoms with van der Waals surface area (Å²) in [6.45, 7) is 4.48. The number of benzene rings is 1. The van der Waals surface area contributed by atoms with Crippen LogP contribution in [0, 0.1) is 6.92 Å². The first kappa shape index (κ1) is 24.7. The standard InChI is InChI=1S/C22H29N5O3.HI/c1-16-10-14-30-20(16)21(29)24-11-4-12-25-22(23-2)26-15-17-6-8-18(9-7-17)27-13-3-5-19(27)28;/h6-10,14H,3-5,11-13,15H2,1-2H3,(H,24,29)(H2,23,25,26);1H. The Morgan fingerprint density at radius 1 is 1.13 bits per heavy atom. The number of amides is 2. The number of anilines is 1. The van der Waals surface area contributed by atoms with Gasteiger partial charge in [0, 0.05) is 50.9 Å². The van der Waals surface area contributed by atoms with Crippen molar-refractivity contribution < 1.29 is 14.0 Å². The van der Waals surface area contributed by atoms with Crippen molar-refractivity contribution in [3.8, 4) is 0 Å². The fraction of sp³-hybridized carbons (Fsp3) is 0.409. The van der Waals surface area contributed by atoms with Crippen molar-refractivity contribution in [2.45, 2.75) is 32.7 Å². The van der Waals surface area contributed by atoms with E-state index in [-0.39, 0.29) is 35.8 Å². The Morgan fingerprint density at radius 2 is 1.87 bits per heavy atom. The molecule has 2 heterocycles. The van der Waals surface area contributed by atoms with Gasteiger partial charge in [0.1, 0.15) is 0 Å². The van der Waals surface area contributed by atoms with Crippen molar-refractivity contribution in [3.05, 3.63) is 53.5 Å². The number of furan rings is 1. The first-order valence-corrected chi connectivity index (χ1v) is 10.2. The minimum absolute atomic E-state index is 0. The highest BCUT2D eigenvalue weighted by atomic mass is 127. The van der Waals surface area contributed by atoms with Gasteiger partial charge in [0.05, 0.1) is 6.26 Å². The SMILES string of the molecule is CN=C(NCCCNC(=O)c1occc1C)NCc1ccc(N2CCCC2=O)cc1.I. The van der Waals surface area contributed by atoms with Gasteiger partial charge in [-0.1, -0.05) is 12.1 Å². The van der Waals surface area contributed by atoms with E-state index in [0.717, 1.165) is 36.2 Å². The lowest BCUT2D eigenvalue weighted by Gasteiger charge is -2.16. The molecule has 2 amide bonds. The van der Waals surface area contributed by atoms with Crippen LogP contribution >= 0.6 is 24.0 Å². The Morgan fingerprint density at radius 3 is 2.48 bits per heavy atom. The molecule has 1 aliphatic rings. The van der Waals surface area contributed by atoms with Gasteiger partial charge in [0.2, 0.25) is 5.91 Å². The third kappa shape index (κ3) is 6.98. The molecule has 0 radical (unpaired) electrons. The number of aryl methyl sites for hydroxylation is 1. The maximum Gasteiger partial charge on any atom is 0.287 e. The molecule has 168 valence electrons. The number of carbonyl (C=O) groups is 2. The van der Waals surface area contributed by atoms with E-state index in [1.165, 1.54) is 6.26 Å². The molecule has 9 heteroatoms. The normalized spacial score (nSPS) is 13.7. The molecule has 1 aliphatic heterocycles. The number of rotatable bonds is 8. The lowest BCUT2D eigenvalue weighted by molar-refractivity contribution is -0.117. The van der Waals surface area contributed by atoms with E-state index >= 15 is 0 Å². The van der Waals surface area contributed by atoms with Gasteiger partial charge in [-0.25, -0.2) is 0 Å². The van der Waals surface area contributed by atoms with Crippen LogP contribution in [0.2, 0.25) is 0 Å². The monoisotopic (exact) mass is 539 g/mol. The van der Waals surface area contributed by atoms with E-state index in [2.05, 4.69) is 20.9 Å². The Hall–Kier alpha value is -2.56. The number of hydrogen-bond acceptors (Lipinski definition) is 4. The minimum atomic E-state index is -0.195. The topological polar surface area (TPSA) is 99.0 Å². The van der Waals surface area contributed by atoms with Crippen LogP contribution in [0.25, 0.3) is 0 Å². The third-order valence-electron chi connectivity index (χ3n) is 5.00. The zero-order valence-electron chi connectivity index (χ0n) is 17.9. The zero-order valence-corrected chi connectivity index (χ0v) is 20.3. The molecule has 0 saturated carbocycles. The Balaban J connectivity index is 0.00000341. The summed E-state index contributed by atoms with van der Waals surface area (Å²) >= 11 is 0. The number of carbonyl (C=O) groups excluding carboxylic acids is 2. The Bertz CT molecular complexity index is 895. The van der Waals surface area contributed by atoms with Crippen LogP contribution in [0.5, 0.6) is 0 Å². The second kappa shape index (κ2) is 12.3. The van der Waals surface area contributed by atoms with Gasteiger partial charge >= 0.3 is 0 Å². The van der Waals surface area contributed by atoms with Crippen LogP contribution < -0.4 is 20.9 Å². The van der Waals surface area contributed by atoms with E-state index in [9.17, 15) is 9.59 Å². The molecule has 8 nitrogen and oxygen atoms in total. The molecule has 0 unspecified atom stereocenters. The number of hydrogen-bond donors (Lipinski definition) is 3. The molecule has 3 rings (SSSR count). The summed E-state index contributed by atoms with van der Waals surface area (Å²) in [5.41, 5.74) is 2.89. The van der Waals surface area contributed by atoms with Crippen LogP contribution in [-0.2, 0) is 11.3 Å². The Kier molecular flexibility index (Phi) is 9.83. The average molecular weight is 539 g/mol. The molecule has 31 heavy (non-hydrogen) atoms. The van der Waals surface area contributed by atoms with E-state index in [1.807, 2.05) is 36.1 Å². The highest BCUT2D eigenvalue weighted by Gasteiger charge is 2.21. The molecule has 0 atom stereocenters. The van der Waals surface area contributed by atoms with E-state index in [0.29, 0.717) is 37.8 Å². The van der Waals surface area contributed by atoms with Crippen molar-refractivity contribution in [2.75, 3.05) is 31.6 Å². The molecule has 2 aromatic rings. The quantitative estimate of drug-likeness (QED) is 0.208. The highest BCUT2D eigenvalue weighted by molar-refractivity contribution is 14.0. The summed E-state index contributed by atoms with van der Waals surface area (Å²) in [6.07, 6.45) is 3.83. The van der Waals surface area contributed by atoms with Gasteiger partial charge in [-0.05, 0) is 43.5 Å². The third-order valence-corrected chi connectivity index (χ3v) is 5.00. The van der Waals surface area contributed by atoms with Crippen LogP contribution in [-0.4, -0.2) is 44.5 Å². The zero-order chi connectivity index (χ0) is 21.3. The second-order valence-electron chi connectivity index (χ2n) is 7.21. The molecule has 3 N–H and O–H groups in total. The number of halogens is 1. The molecule has 0 aliphatic carbocycles. The van der Waals surface area contributed by atoms with Gasteiger partial charge in [-0.15, -0.1) is 24.0 Å². The Labute approximate surface area is 199 Å². The molecule has 1 saturated heterocycles. The summed E-state index contributed by atoms with van der Waals surface area (Å²) in [4.78, 5) is 29.9. The van der Waals surface area contributed by atoms with Crippen LogP contribution in [0.1, 0.15) is 40.9 Å². The minimum Gasteiger partial charge on any atom is -0.459 e. The number of guanidine groups is 1. The van der Waals surface area contributed by atoms with Gasteiger partial charge in [-0.3, -0.25) is 14.6 Å². The number of nitrogens with zero attached hydrogens (tertiary/aromatic N) is 2. The number of nitrogens with one attached hydrogen (secondary N) is 3. The van der Waals surface area contributed by atoms with E-state index < -0.39 is 0 Å². The first-order valence-electron chi connectivity index (χ1n) is 10.2. The maximum atomic E-state index is 12.0. The fourth-order valence-electron chi connectivity index (χ4n) is 3.30. The summed E-state index contributed by atoms with van der Waals surface area (Å²) in [6, 6.07) is 9.78. The van der Waals surface area contributed by atoms with Crippen LogP contribution in [0.3, 0.4) is 0 Å². The maximum absolute atomic E-state index is 12.0. The van der Waals surface area contributed by atoms with Gasteiger partial charge < -0.3 is 25.3 Å². The summed E-state index contributed by atoms with van der Waals surface area (Å²) < 4.78 is 5.18. The van der Waals surface area contributed by atoms with Crippen molar-refractivity contribution in [1.82, 2.24) is 16.0 Å². The molecule has 1 fully saturated rings. The summed E-state index contributed by atoms with van der Waals surface area (Å²) in [5.74, 6) is 1.06. The molecule has 1 aromatic heterocycles. The van der Waals surface area contributed by atoms with Crippen molar-refractivity contribution in [2.24, 2.45) is 4.99 Å². The largest absolute Gasteiger partial charge is 0.459 e. The lowest BCUT2D eigenvalue weighted by atomic mass is 10.2. The predicted octanol–water partition coefficient (Wildman–Crippen LogP) is 2.82. The average Bonchev–Trinajstić information content (AvgIpc) is 3.38. The molecule has 0 spiro atoms. The first-order chi connectivity index (χ1) is 14.6. The van der Waals surface area contributed by atoms with Crippen molar-refractivity contribution in [3.63, 3.8) is 0 Å². The van der Waals surface area contributed by atoms with Crippen molar-refractivity contribution >= 4 is 47.4 Å². The van der Waals surface area contributed by atoms with Crippen LogP contribution in [0.15, 0.2) is 46.0 Å². The van der Waals surface area contributed by atoms with Gasteiger partial charge in [0.15, 0.2) is 11.7 Å². The number of aliphatic imine (C=N–C) groups is 1. The molecule has 0 bridgehead atoms. The molecule has 1 aromatic carbocycles. The molecular formula is C22H30IN5O3. The van der Waals surface area contributed by atoms with Gasteiger partial charge in [-0.2, -0.15) is 0 Å². The summed E-state index contributed by atoms with van der Waals surface area (Å²) in [7, 11) is 1.72. The van der Waals surface area contributed by atoms with Gasteiger partial charge in [0.25, 0.3) is 5.91 Å². The highest BCUT2D eigenvalue weighted by Crippen LogP contribution is 2.21. The smallest absolute Gasteiger partial charge is 0.287 e. The summed E-state index contributed by atoms with van der Waals surface area (Å²) in [5, 5.41) is 9.35. The van der Waals surface area contributed by atoms with Crippen molar-refractivity contribution in [1.29, 1.82) is 0 Å². The lowest BCUT2D eigenvalue weighted by Crippen LogP contribution is -2.38. The predicted molar refractivity (Wildman–Crippen MR) is 132 cm³/mol. The molecular weight excluding hydrogens is 509 g/mol. The fourth-order valence-corrected chi connectivity index (χ4v) is 3.30. The van der Waals surface area contributed by atoms with E-state index in [4.69, 9.17) is 4.42 Å². The van der Waals surface area contributed by atoms with E-state index in [1.54, 1.807) is 13.1 Å².